The molecule has 4 nitrogen and oxygen atoms in total. The zero-order valence-electron chi connectivity index (χ0n) is 10.8. The van der Waals surface area contributed by atoms with Gasteiger partial charge in [0.15, 0.2) is 0 Å². The highest BCUT2D eigenvalue weighted by Crippen LogP contribution is 2.30. The second-order valence-corrected chi connectivity index (χ2v) is 4.76. The number of aromatic carboxylic acids is 1. The minimum absolute atomic E-state index is 0.269. The molecule has 0 bridgehead atoms. The minimum Gasteiger partial charge on any atom is -0.478 e. The monoisotopic (exact) mass is 276 g/mol. The van der Waals surface area contributed by atoms with E-state index in [4.69, 9.17) is 5.11 Å². The average molecular weight is 276 g/mol. The van der Waals surface area contributed by atoms with Crippen LogP contribution in [-0.4, -0.2) is 21.6 Å². The van der Waals surface area contributed by atoms with Crippen molar-refractivity contribution in [3.05, 3.63) is 23.4 Å². The molecule has 0 spiro atoms. The molecule has 1 heterocycles. The minimum atomic E-state index is -4.61. The molecule has 0 saturated heterocycles. The van der Waals surface area contributed by atoms with Gasteiger partial charge in [-0.1, -0.05) is 6.92 Å². The molecule has 19 heavy (non-hydrogen) atoms. The highest BCUT2D eigenvalue weighted by molar-refractivity contribution is 5.93. The number of alkyl halides is 3. The Bertz CT molecular complexity index is 484. The van der Waals surface area contributed by atoms with Crippen molar-refractivity contribution in [2.24, 2.45) is 0 Å². The molecule has 0 aromatic carbocycles. The fourth-order valence-corrected chi connectivity index (χ4v) is 1.29. The highest BCUT2D eigenvalue weighted by Gasteiger charge is 2.34. The molecular formula is C12H15F3N2O2. The van der Waals surface area contributed by atoms with Gasteiger partial charge in [0.25, 0.3) is 0 Å². The lowest BCUT2D eigenvalue weighted by molar-refractivity contribution is -0.141. The number of aromatic nitrogens is 1. The van der Waals surface area contributed by atoms with Crippen LogP contribution in [0.2, 0.25) is 0 Å². The van der Waals surface area contributed by atoms with E-state index in [2.05, 4.69) is 10.3 Å². The number of carbonyl (C=O) groups is 1. The molecule has 1 rings (SSSR count). The lowest BCUT2D eigenvalue weighted by atomic mass is 10.0. The smallest absolute Gasteiger partial charge is 0.433 e. The summed E-state index contributed by atoms with van der Waals surface area (Å²) in [5.74, 6) is -1.59. The van der Waals surface area contributed by atoms with Crippen molar-refractivity contribution in [1.29, 1.82) is 0 Å². The van der Waals surface area contributed by atoms with Gasteiger partial charge in [0.1, 0.15) is 17.1 Å². The molecule has 0 amide bonds. The maximum Gasteiger partial charge on any atom is 0.433 e. The standard InChI is InChI=1S/C12H15F3N2O2/c1-4-11(2,3)17-9-7(10(18)19)5-6-8(16-9)12(13,14)15/h5-6H,4H2,1-3H3,(H,16,17)(H,18,19). The van der Waals surface area contributed by atoms with Crippen LogP contribution < -0.4 is 5.32 Å². The Balaban J connectivity index is 3.28. The summed E-state index contributed by atoms with van der Waals surface area (Å²) < 4.78 is 37.7. The van der Waals surface area contributed by atoms with Gasteiger partial charge >= 0.3 is 12.1 Å². The van der Waals surface area contributed by atoms with E-state index in [0.29, 0.717) is 12.5 Å². The summed E-state index contributed by atoms with van der Waals surface area (Å²) in [5, 5.41) is 11.7. The van der Waals surface area contributed by atoms with Crippen LogP contribution in [0.5, 0.6) is 0 Å². The van der Waals surface area contributed by atoms with Crippen LogP contribution in [0.15, 0.2) is 12.1 Å². The molecule has 1 aromatic heterocycles. The number of nitrogens with one attached hydrogen (secondary N) is 1. The normalized spacial score (nSPS) is 12.3. The van der Waals surface area contributed by atoms with Gasteiger partial charge in [-0.25, -0.2) is 9.78 Å². The summed E-state index contributed by atoms with van der Waals surface area (Å²) in [7, 11) is 0. The number of rotatable bonds is 4. The number of carboxylic acids is 1. The first-order chi connectivity index (χ1) is 8.57. The quantitative estimate of drug-likeness (QED) is 0.884. The van der Waals surface area contributed by atoms with E-state index in [1.807, 2.05) is 6.92 Å². The molecule has 0 radical (unpaired) electrons. The predicted molar refractivity (Wildman–Crippen MR) is 64.2 cm³/mol. The highest BCUT2D eigenvalue weighted by atomic mass is 19.4. The van der Waals surface area contributed by atoms with E-state index < -0.39 is 23.4 Å². The van der Waals surface area contributed by atoms with Gasteiger partial charge in [-0.15, -0.1) is 0 Å². The molecule has 0 aliphatic heterocycles. The molecule has 0 aliphatic rings. The summed E-state index contributed by atoms with van der Waals surface area (Å²) >= 11 is 0. The van der Waals surface area contributed by atoms with Crippen molar-refractivity contribution in [2.45, 2.75) is 38.9 Å². The third kappa shape index (κ3) is 3.84. The van der Waals surface area contributed by atoms with Gasteiger partial charge < -0.3 is 10.4 Å². The summed E-state index contributed by atoms with van der Waals surface area (Å²) in [6.07, 6.45) is -4.01. The van der Waals surface area contributed by atoms with Crippen molar-refractivity contribution >= 4 is 11.8 Å². The lowest BCUT2D eigenvalue weighted by Gasteiger charge is -2.26. The topological polar surface area (TPSA) is 62.2 Å². The fourth-order valence-electron chi connectivity index (χ4n) is 1.29. The van der Waals surface area contributed by atoms with Crippen LogP contribution in [0.3, 0.4) is 0 Å². The number of halogens is 3. The second-order valence-electron chi connectivity index (χ2n) is 4.76. The Kier molecular flexibility index (Phi) is 4.07. The summed E-state index contributed by atoms with van der Waals surface area (Å²) in [6, 6.07) is 1.57. The van der Waals surface area contributed by atoms with Crippen molar-refractivity contribution in [3.63, 3.8) is 0 Å². The third-order valence-electron chi connectivity index (χ3n) is 2.76. The third-order valence-corrected chi connectivity index (χ3v) is 2.76. The Morgan fingerprint density at radius 1 is 1.37 bits per heavy atom. The van der Waals surface area contributed by atoms with Crippen molar-refractivity contribution in [1.82, 2.24) is 4.98 Å². The number of carboxylic acid groups (broad SMARTS) is 1. The SMILES string of the molecule is CCC(C)(C)Nc1nc(C(F)(F)F)ccc1C(=O)O. The van der Waals surface area contributed by atoms with E-state index in [1.165, 1.54) is 0 Å². The van der Waals surface area contributed by atoms with E-state index >= 15 is 0 Å². The molecule has 106 valence electrons. The van der Waals surface area contributed by atoms with Crippen LogP contribution in [0.1, 0.15) is 43.2 Å². The number of pyridine rings is 1. The molecule has 0 atom stereocenters. The van der Waals surface area contributed by atoms with Crippen molar-refractivity contribution in [3.8, 4) is 0 Å². The zero-order valence-corrected chi connectivity index (χ0v) is 10.8. The molecule has 2 N–H and O–H groups in total. The van der Waals surface area contributed by atoms with Crippen LogP contribution in [0, 0.1) is 0 Å². The lowest BCUT2D eigenvalue weighted by Crippen LogP contribution is -2.31. The van der Waals surface area contributed by atoms with Gasteiger partial charge in [0, 0.05) is 5.54 Å². The number of hydrogen-bond acceptors (Lipinski definition) is 3. The van der Waals surface area contributed by atoms with E-state index in [9.17, 15) is 18.0 Å². The fraction of sp³-hybridized carbons (Fsp3) is 0.500. The second kappa shape index (κ2) is 5.07. The molecular weight excluding hydrogens is 261 g/mol. The Morgan fingerprint density at radius 3 is 2.37 bits per heavy atom. The molecule has 0 aliphatic carbocycles. The molecule has 0 fully saturated rings. The van der Waals surface area contributed by atoms with Crippen LogP contribution in [0.25, 0.3) is 0 Å². The van der Waals surface area contributed by atoms with Crippen LogP contribution in [-0.2, 0) is 6.18 Å². The maximum atomic E-state index is 12.6. The Morgan fingerprint density at radius 2 is 1.95 bits per heavy atom. The summed E-state index contributed by atoms with van der Waals surface area (Å²) in [6.45, 7) is 5.34. The van der Waals surface area contributed by atoms with Crippen LogP contribution in [0.4, 0.5) is 19.0 Å². The van der Waals surface area contributed by atoms with Crippen molar-refractivity contribution in [2.75, 3.05) is 5.32 Å². The molecule has 7 heteroatoms. The van der Waals surface area contributed by atoms with Crippen LogP contribution >= 0.6 is 0 Å². The van der Waals surface area contributed by atoms with E-state index in [0.717, 1.165) is 6.07 Å². The van der Waals surface area contributed by atoms with E-state index in [-0.39, 0.29) is 11.4 Å². The van der Waals surface area contributed by atoms with Gasteiger partial charge in [-0.05, 0) is 32.4 Å². The van der Waals surface area contributed by atoms with Gasteiger partial charge in [-0.3, -0.25) is 0 Å². The maximum absolute atomic E-state index is 12.6. The average Bonchev–Trinajstić information content (AvgIpc) is 2.27. The number of hydrogen-bond donors (Lipinski definition) is 2. The number of nitrogens with zero attached hydrogens (tertiary/aromatic N) is 1. The largest absolute Gasteiger partial charge is 0.478 e. The van der Waals surface area contributed by atoms with E-state index in [1.54, 1.807) is 13.8 Å². The Labute approximate surface area is 108 Å². The van der Waals surface area contributed by atoms with Gasteiger partial charge in [0.05, 0.1) is 0 Å². The summed E-state index contributed by atoms with van der Waals surface area (Å²) in [4.78, 5) is 14.4. The first kappa shape index (κ1) is 15.3. The summed E-state index contributed by atoms with van der Waals surface area (Å²) in [5.41, 5.74) is -1.96. The number of anilines is 1. The zero-order chi connectivity index (χ0) is 14.8. The predicted octanol–water partition coefficient (Wildman–Crippen LogP) is 3.40. The molecule has 1 aromatic rings. The van der Waals surface area contributed by atoms with Crippen molar-refractivity contribution < 1.29 is 23.1 Å². The Hall–Kier alpha value is -1.79. The molecule has 0 saturated carbocycles. The van der Waals surface area contributed by atoms with Gasteiger partial charge in [-0.2, -0.15) is 13.2 Å². The molecule has 0 unspecified atom stereocenters. The first-order valence-electron chi connectivity index (χ1n) is 5.66. The first-order valence-corrected chi connectivity index (χ1v) is 5.66. The van der Waals surface area contributed by atoms with Gasteiger partial charge in [0.2, 0.25) is 0 Å².